The summed E-state index contributed by atoms with van der Waals surface area (Å²) in [5.74, 6) is 0.681. The summed E-state index contributed by atoms with van der Waals surface area (Å²) in [6, 6.07) is 10.3. The van der Waals surface area contributed by atoms with E-state index in [1.54, 1.807) is 0 Å². The topological polar surface area (TPSA) is 12.0 Å². The second-order valence-corrected chi connectivity index (χ2v) is 4.47. The molecule has 0 aromatic heterocycles. The maximum Gasteiger partial charge on any atom is 0.0758 e. The van der Waals surface area contributed by atoms with Crippen LogP contribution < -0.4 is 5.32 Å². The largest absolute Gasteiger partial charge is 0.376 e. The Balaban J connectivity index is 2.29. The molecule has 0 radical (unpaired) electrons. The van der Waals surface area contributed by atoms with Crippen LogP contribution in [0.2, 0.25) is 0 Å². The van der Waals surface area contributed by atoms with Gasteiger partial charge in [0.25, 0.3) is 0 Å². The highest BCUT2D eigenvalue weighted by atomic mass is 32.1. The third-order valence-corrected chi connectivity index (χ3v) is 2.87. The van der Waals surface area contributed by atoms with Crippen molar-refractivity contribution in [2.75, 3.05) is 0 Å². The average Bonchev–Trinajstić information content (AvgIpc) is 2.27. The molecule has 2 heteroatoms. The third kappa shape index (κ3) is 4.93. The van der Waals surface area contributed by atoms with Crippen LogP contribution in [0.25, 0.3) is 0 Å². The molecule has 0 fully saturated rings. The van der Waals surface area contributed by atoms with Gasteiger partial charge in [0.1, 0.15) is 0 Å². The molecule has 0 heterocycles. The molecule has 1 aromatic carbocycles. The number of thiocarbonyl (C=S) groups is 1. The fraction of sp³-hybridized carbons (Fsp3) is 0.462. The third-order valence-electron chi connectivity index (χ3n) is 2.56. The number of rotatable bonds is 5. The van der Waals surface area contributed by atoms with Gasteiger partial charge in [0.15, 0.2) is 0 Å². The summed E-state index contributed by atoms with van der Waals surface area (Å²) >= 11 is 5.28. The van der Waals surface area contributed by atoms with Crippen LogP contribution in [0.5, 0.6) is 0 Å². The maximum atomic E-state index is 5.28. The standard InChI is InChI=1S/C13H19NS/c1-3-11(2)9-13(15)14-10-12-7-5-4-6-8-12/h4-8,11H,3,9-10H2,1-2H3,(H,14,15)/t11-/m1/s1. The van der Waals surface area contributed by atoms with Crippen molar-refractivity contribution >= 4 is 17.2 Å². The van der Waals surface area contributed by atoms with E-state index in [4.69, 9.17) is 12.2 Å². The average molecular weight is 221 g/mol. The lowest BCUT2D eigenvalue weighted by Crippen LogP contribution is -2.22. The molecule has 1 atom stereocenters. The lowest BCUT2D eigenvalue weighted by molar-refractivity contribution is 0.582. The molecule has 0 aliphatic rings. The Morgan fingerprint density at radius 1 is 1.33 bits per heavy atom. The van der Waals surface area contributed by atoms with E-state index in [2.05, 4.69) is 43.4 Å². The molecule has 1 aromatic rings. The summed E-state index contributed by atoms with van der Waals surface area (Å²) in [6.45, 7) is 5.27. The van der Waals surface area contributed by atoms with Crippen LogP contribution in [0, 0.1) is 5.92 Å². The number of benzene rings is 1. The second-order valence-electron chi connectivity index (χ2n) is 3.98. The van der Waals surface area contributed by atoms with Gasteiger partial charge in [-0.25, -0.2) is 0 Å². The Bertz CT molecular complexity index is 295. The number of hydrogen-bond donors (Lipinski definition) is 1. The smallest absolute Gasteiger partial charge is 0.0758 e. The fourth-order valence-electron chi connectivity index (χ4n) is 1.33. The summed E-state index contributed by atoms with van der Waals surface area (Å²) in [5, 5.41) is 3.30. The minimum atomic E-state index is 0.681. The number of hydrogen-bond acceptors (Lipinski definition) is 1. The first-order valence-electron chi connectivity index (χ1n) is 5.53. The minimum absolute atomic E-state index is 0.681. The molecular formula is C13H19NS. The molecular weight excluding hydrogens is 202 g/mol. The van der Waals surface area contributed by atoms with Crippen LogP contribution in [0.15, 0.2) is 30.3 Å². The van der Waals surface area contributed by atoms with Crippen molar-refractivity contribution in [3.05, 3.63) is 35.9 Å². The molecule has 0 aliphatic carbocycles. The van der Waals surface area contributed by atoms with Gasteiger partial charge in [-0.05, 0) is 11.5 Å². The lowest BCUT2D eigenvalue weighted by atomic mass is 10.1. The molecule has 0 aliphatic heterocycles. The van der Waals surface area contributed by atoms with Crippen LogP contribution in [0.4, 0.5) is 0 Å². The monoisotopic (exact) mass is 221 g/mol. The summed E-state index contributed by atoms with van der Waals surface area (Å²) in [7, 11) is 0. The van der Waals surface area contributed by atoms with Crippen LogP contribution in [-0.4, -0.2) is 4.99 Å². The van der Waals surface area contributed by atoms with Gasteiger partial charge in [-0.2, -0.15) is 0 Å². The molecule has 0 saturated heterocycles. The van der Waals surface area contributed by atoms with E-state index in [1.807, 2.05) is 6.07 Å². The van der Waals surface area contributed by atoms with Crippen molar-refractivity contribution in [1.82, 2.24) is 5.32 Å². The SMILES string of the molecule is CC[C@@H](C)CC(=S)NCc1ccccc1. The Morgan fingerprint density at radius 2 is 2.00 bits per heavy atom. The second kappa shape index (κ2) is 6.57. The summed E-state index contributed by atoms with van der Waals surface area (Å²) < 4.78 is 0. The van der Waals surface area contributed by atoms with E-state index in [1.165, 1.54) is 12.0 Å². The van der Waals surface area contributed by atoms with Gasteiger partial charge < -0.3 is 5.32 Å². The van der Waals surface area contributed by atoms with Gasteiger partial charge in [0.2, 0.25) is 0 Å². The van der Waals surface area contributed by atoms with Crippen LogP contribution in [-0.2, 0) is 6.54 Å². The van der Waals surface area contributed by atoms with Gasteiger partial charge in [0, 0.05) is 13.0 Å². The quantitative estimate of drug-likeness (QED) is 0.763. The van der Waals surface area contributed by atoms with Crippen molar-refractivity contribution in [1.29, 1.82) is 0 Å². The molecule has 1 N–H and O–H groups in total. The summed E-state index contributed by atoms with van der Waals surface area (Å²) in [5.41, 5.74) is 1.28. The summed E-state index contributed by atoms with van der Waals surface area (Å²) in [6.07, 6.45) is 2.19. The predicted octanol–water partition coefficient (Wildman–Crippen LogP) is 3.54. The van der Waals surface area contributed by atoms with Crippen molar-refractivity contribution in [3.8, 4) is 0 Å². The molecule has 82 valence electrons. The number of nitrogens with one attached hydrogen (secondary N) is 1. The van der Waals surface area contributed by atoms with E-state index in [9.17, 15) is 0 Å². The Kier molecular flexibility index (Phi) is 5.33. The molecule has 15 heavy (non-hydrogen) atoms. The zero-order chi connectivity index (χ0) is 11.1. The zero-order valence-electron chi connectivity index (χ0n) is 9.49. The minimum Gasteiger partial charge on any atom is -0.376 e. The molecule has 0 amide bonds. The van der Waals surface area contributed by atoms with Crippen molar-refractivity contribution in [3.63, 3.8) is 0 Å². The zero-order valence-corrected chi connectivity index (χ0v) is 10.3. The van der Waals surface area contributed by atoms with E-state index in [0.29, 0.717) is 5.92 Å². The Labute approximate surface area is 97.9 Å². The van der Waals surface area contributed by atoms with E-state index >= 15 is 0 Å². The molecule has 0 spiro atoms. The highest BCUT2D eigenvalue weighted by Gasteiger charge is 2.02. The van der Waals surface area contributed by atoms with Crippen LogP contribution in [0.1, 0.15) is 32.3 Å². The first-order chi connectivity index (χ1) is 7.22. The van der Waals surface area contributed by atoms with Crippen molar-refractivity contribution in [2.45, 2.75) is 33.2 Å². The fourth-order valence-corrected chi connectivity index (χ4v) is 1.69. The van der Waals surface area contributed by atoms with E-state index in [-0.39, 0.29) is 0 Å². The normalized spacial score (nSPS) is 12.1. The Hall–Kier alpha value is -0.890. The predicted molar refractivity (Wildman–Crippen MR) is 70.0 cm³/mol. The highest BCUT2D eigenvalue weighted by molar-refractivity contribution is 7.80. The molecule has 0 bridgehead atoms. The Morgan fingerprint density at radius 3 is 2.60 bits per heavy atom. The van der Waals surface area contributed by atoms with Crippen molar-refractivity contribution < 1.29 is 0 Å². The summed E-state index contributed by atoms with van der Waals surface area (Å²) in [4.78, 5) is 0.980. The van der Waals surface area contributed by atoms with E-state index < -0.39 is 0 Å². The molecule has 0 saturated carbocycles. The molecule has 1 nitrogen and oxygen atoms in total. The van der Waals surface area contributed by atoms with Crippen LogP contribution in [0.3, 0.4) is 0 Å². The lowest BCUT2D eigenvalue weighted by Gasteiger charge is -2.11. The van der Waals surface area contributed by atoms with Crippen molar-refractivity contribution in [2.24, 2.45) is 5.92 Å². The first kappa shape index (κ1) is 12.2. The molecule has 1 rings (SSSR count). The van der Waals surface area contributed by atoms with Gasteiger partial charge in [-0.3, -0.25) is 0 Å². The molecule has 0 unspecified atom stereocenters. The van der Waals surface area contributed by atoms with E-state index in [0.717, 1.165) is 18.0 Å². The maximum absolute atomic E-state index is 5.28. The van der Waals surface area contributed by atoms with Gasteiger partial charge >= 0.3 is 0 Å². The van der Waals surface area contributed by atoms with Gasteiger partial charge in [-0.15, -0.1) is 0 Å². The van der Waals surface area contributed by atoms with Crippen LogP contribution >= 0.6 is 12.2 Å². The van der Waals surface area contributed by atoms with Gasteiger partial charge in [-0.1, -0.05) is 62.8 Å². The van der Waals surface area contributed by atoms with Gasteiger partial charge in [0.05, 0.1) is 4.99 Å². The first-order valence-corrected chi connectivity index (χ1v) is 5.93. The highest BCUT2D eigenvalue weighted by Crippen LogP contribution is 2.07.